The SMILES string of the molecule is C[O+]=C1C=CC(=C(C)c2cccc([O-])c2)C=C1. The van der Waals surface area contributed by atoms with Crippen molar-refractivity contribution in [1.29, 1.82) is 0 Å². The molecule has 0 saturated heterocycles. The van der Waals surface area contributed by atoms with Gasteiger partial charge in [-0.1, -0.05) is 24.3 Å². The Morgan fingerprint density at radius 1 is 1.12 bits per heavy atom. The highest BCUT2D eigenvalue weighted by molar-refractivity contribution is 6.02. The van der Waals surface area contributed by atoms with Crippen LogP contribution in [0.3, 0.4) is 0 Å². The lowest BCUT2D eigenvalue weighted by atomic mass is 9.98. The van der Waals surface area contributed by atoms with Crippen molar-refractivity contribution in [2.75, 3.05) is 7.11 Å². The molecular weight excluding hydrogens is 212 g/mol. The number of ketones is 1. The first-order valence-corrected chi connectivity index (χ1v) is 5.46. The molecule has 0 unspecified atom stereocenters. The summed E-state index contributed by atoms with van der Waals surface area (Å²) < 4.78 is 5.11. The van der Waals surface area contributed by atoms with Gasteiger partial charge in [0.25, 0.3) is 7.11 Å². The summed E-state index contributed by atoms with van der Waals surface area (Å²) in [6, 6.07) is 6.94. The lowest BCUT2D eigenvalue weighted by Gasteiger charge is -2.10. The average Bonchev–Trinajstić information content (AvgIpc) is 2.38. The van der Waals surface area contributed by atoms with Gasteiger partial charge in [0, 0.05) is 12.2 Å². The van der Waals surface area contributed by atoms with Gasteiger partial charge in [0.15, 0.2) is 0 Å². The molecule has 0 spiro atoms. The summed E-state index contributed by atoms with van der Waals surface area (Å²) in [6.45, 7) is 2.01. The van der Waals surface area contributed by atoms with E-state index in [1.807, 2.05) is 37.3 Å². The lowest BCUT2D eigenvalue weighted by molar-refractivity contribution is -0.417. The first kappa shape index (κ1) is 11.4. The van der Waals surface area contributed by atoms with Gasteiger partial charge >= 0.3 is 5.78 Å². The van der Waals surface area contributed by atoms with Crippen LogP contribution in [0.2, 0.25) is 0 Å². The molecule has 86 valence electrons. The number of hydrogen-bond acceptors (Lipinski definition) is 1. The highest BCUT2D eigenvalue weighted by Crippen LogP contribution is 2.23. The van der Waals surface area contributed by atoms with Crippen LogP contribution in [-0.2, 0) is 4.42 Å². The van der Waals surface area contributed by atoms with Crippen molar-refractivity contribution >= 4 is 11.4 Å². The summed E-state index contributed by atoms with van der Waals surface area (Å²) in [4.78, 5) is 0. The van der Waals surface area contributed by atoms with Crippen LogP contribution in [0.5, 0.6) is 5.75 Å². The van der Waals surface area contributed by atoms with Crippen molar-refractivity contribution < 1.29 is 9.53 Å². The molecule has 0 fully saturated rings. The molecule has 0 amide bonds. The Bertz CT molecular complexity index is 528. The Morgan fingerprint density at radius 2 is 1.82 bits per heavy atom. The van der Waals surface area contributed by atoms with Crippen LogP contribution in [0.25, 0.3) is 5.57 Å². The van der Waals surface area contributed by atoms with E-state index < -0.39 is 0 Å². The van der Waals surface area contributed by atoms with Crippen LogP contribution in [-0.4, -0.2) is 12.9 Å². The first-order valence-electron chi connectivity index (χ1n) is 5.46. The molecule has 0 aromatic heterocycles. The minimum Gasteiger partial charge on any atom is -0.872 e. The van der Waals surface area contributed by atoms with Crippen molar-refractivity contribution in [3.63, 3.8) is 0 Å². The number of hydrogen-bond donors (Lipinski definition) is 0. The van der Waals surface area contributed by atoms with Crippen LogP contribution in [0.4, 0.5) is 0 Å². The maximum atomic E-state index is 11.3. The second-order valence-corrected chi connectivity index (χ2v) is 3.88. The quantitative estimate of drug-likeness (QED) is 0.677. The molecule has 0 saturated carbocycles. The molecule has 0 heterocycles. The van der Waals surface area contributed by atoms with Crippen LogP contribution < -0.4 is 5.11 Å². The van der Waals surface area contributed by atoms with Gasteiger partial charge < -0.3 is 5.11 Å². The molecule has 0 radical (unpaired) electrons. The van der Waals surface area contributed by atoms with E-state index >= 15 is 0 Å². The van der Waals surface area contributed by atoms with Gasteiger partial charge in [-0.15, -0.1) is 5.75 Å². The second-order valence-electron chi connectivity index (χ2n) is 3.88. The van der Waals surface area contributed by atoms with Crippen molar-refractivity contribution in [1.82, 2.24) is 0 Å². The molecule has 1 aromatic carbocycles. The van der Waals surface area contributed by atoms with Gasteiger partial charge in [-0.25, -0.2) is 0 Å². The third-order valence-corrected chi connectivity index (χ3v) is 2.79. The average molecular weight is 226 g/mol. The Balaban J connectivity index is 2.38. The largest absolute Gasteiger partial charge is 0.872 e. The molecule has 1 aromatic rings. The Morgan fingerprint density at radius 3 is 2.41 bits per heavy atom. The van der Waals surface area contributed by atoms with Gasteiger partial charge in [-0.2, -0.15) is 0 Å². The van der Waals surface area contributed by atoms with E-state index in [-0.39, 0.29) is 5.75 Å². The molecule has 2 heteroatoms. The smallest absolute Gasteiger partial charge is 0.343 e. The fourth-order valence-electron chi connectivity index (χ4n) is 1.74. The summed E-state index contributed by atoms with van der Waals surface area (Å²) in [5, 5.41) is 11.3. The Kier molecular flexibility index (Phi) is 3.24. The summed E-state index contributed by atoms with van der Waals surface area (Å²) in [5.74, 6) is 0.870. The standard InChI is InChI=1S/C15H14O2/c1-11(13-4-3-5-14(16)10-13)12-6-8-15(17-2)9-7-12/h3-10H,1-2H3. The molecule has 2 rings (SSSR count). The molecule has 0 bridgehead atoms. The molecule has 0 N–H and O–H groups in total. The van der Waals surface area contributed by atoms with Crippen LogP contribution >= 0.6 is 0 Å². The molecule has 1 aliphatic carbocycles. The maximum absolute atomic E-state index is 11.3. The van der Waals surface area contributed by atoms with Crippen molar-refractivity contribution in [2.45, 2.75) is 6.92 Å². The third kappa shape index (κ3) is 2.53. The summed E-state index contributed by atoms with van der Waals surface area (Å²) in [7, 11) is 1.65. The molecule has 2 nitrogen and oxygen atoms in total. The number of allylic oxidation sites excluding steroid dienone is 6. The van der Waals surface area contributed by atoms with Crippen LogP contribution in [0.1, 0.15) is 12.5 Å². The van der Waals surface area contributed by atoms with Crippen molar-refractivity contribution in [2.24, 2.45) is 0 Å². The number of rotatable bonds is 1. The zero-order valence-corrected chi connectivity index (χ0v) is 9.94. The van der Waals surface area contributed by atoms with Crippen LogP contribution in [0, 0.1) is 0 Å². The van der Waals surface area contributed by atoms with Crippen LogP contribution in [0.15, 0.2) is 54.1 Å². The Labute approximate surface area is 101 Å². The highest BCUT2D eigenvalue weighted by atomic mass is 16.4. The van der Waals surface area contributed by atoms with Gasteiger partial charge in [-0.05, 0) is 35.8 Å². The fraction of sp³-hybridized carbons (Fsp3) is 0.133. The predicted octanol–water partition coefficient (Wildman–Crippen LogP) is 2.39. The van der Waals surface area contributed by atoms with Crippen molar-refractivity contribution in [3.05, 3.63) is 59.7 Å². The molecule has 1 aliphatic rings. The Hall–Kier alpha value is -2.09. The summed E-state index contributed by atoms with van der Waals surface area (Å²) >= 11 is 0. The zero-order chi connectivity index (χ0) is 12.3. The topological polar surface area (TPSA) is 34.4 Å². The molecule has 0 aliphatic heterocycles. The van der Waals surface area contributed by atoms with E-state index in [0.29, 0.717) is 0 Å². The van der Waals surface area contributed by atoms with Gasteiger partial charge in [0.05, 0.1) is 0 Å². The summed E-state index contributed by atoms with van der Waals surface area (Å²) in [5.41, 5.74) is 3.14. The van der Waals surface area contributed by atoms with Gasteiger partial charge in [-0.3, -0.25) is 4.42 Å². The normalized spacial score (nSPS) is 14.0. The van der Waals surface area contributed by atoms with E-state index in [1.54, 1.807) is 25.3 Å². The maximum Gasteiger partial charge on any atom is 0.343 e. The monoisotopic (exact) mass is 226 g/mol. The molecule has 17 heavy (non-hydrogen) atoms. The first-order chi connectivity index (χ1) is 8.20. The van der Waals surface area contributed by atoms with Gasteiger partial charge in [0.2, 0.25) is 0 Å². The number of benzene rings is 1. The fourth-order valence-corrected chi connectivity index (χ4v) is 1.74. The van der Waals surface area contributed by atoms with E-state index in [2.05, 4.69) is 0 Å². The minimum atomic E-state index is 0.0374. The third-order valence-electron chi connectivity index (χ3n) is 2.79. The molecular formula is C15H14O2. The zero-order valence-electron chi connectivity index (χ0n) is 9.94. The second kappa shape index (κ2) is 4.83. The minimum absolute atomic E-state index is 0.0374. The molecule has 0 atom stereocenters. The lowest BCUT2D eigenvalue weighted by Crippen LogP contribution is -1.97. The highest BCUT2D eigenvalue weighted by Gasteiger charge is 2.08. The van der Waals surface area contributed by atoms with E-state index in [4.69, 9.17) is 4.42 Å². The van der Waals surface area contributed by atoms with Gasteiger partial charge in [0.1, 0.15) is 0 Å². The number of carbonyl (C=O) groups excluding carboxylic acids is 1. The van der Waals surface area contributed by atoms with E-state index in [9.17, 15) is 5.11 Å². The van der Waals surface area contributed by atoms with Crippen molar-refractivity contribution in [3.8, 4) is 5.75 Å². The van der Waals surface area contributed by atoms with E-state index in [1.165, 1.54) is 0 Å². The van der Waals surface area contributed by atoms with E-state index in [0.717, 1.165) is 22.5 Å². The summed E-state index contributed by atoms with van der Waals surface area (Å²) in [6.07, 6.45) is 7.82. The predicted molar refractivity (Wildman–Crippen MR) is 67.7 cm³/mol.